The molecule has 31 heavy (non-hydrogen) atoms. The number of rotatable bonds is 6. The topological polar surface area (TPSA) is 86.9 Å². The van der Waals surface area contributed by atoms with E-state index in [2.05, 4.69) is 27.2 Å². The van der Waals surface area contributed by atoms with Crippen LogP contribution in [0.2, 0.25) is 0 Å². The summed E-state index contributed by atoms with van der Waals surface area (Å²) in [5, 5.41) is 5.99. The van der Waals surface area contributed by atoms with Crippen molar-refractivity contribution in [1.29, 1.82) is 0 Å². The summed E-state index contributed by atoms with van der Waals surface area (Å²) in [5.74, 6) is 0.555. The molecular weight excluding hydrogens is 388 g/mol. The molecule has 1 aliphatic rings. The van der Waals surface area contributed by atoms with Gasteiger partial charge in [-0.25, -0.2) is 4.98 Å². The molecule has 3 rings (SSSR count). The summed E-state index contributed by atoms with van der Waals surface area (Å²) < 4.78 is 0. The summed E-state index contributed by atoms with van der Waals surface area (Å²) in [6.45, 7) is 9.45. The average Bonchev–Trinajstić information content (AvgIpc) is 3.16. The molecule has 164 valence electrons. The summed E-state index contributed by atoms with van der Waals surface area (Å²) in [7, 11) is 0. The highest BCUT2D eigenvalue weighted by molar-refractivity contribution is 5.94. The molecule has 0 unspecified atom stereocenters. The molecule has 1 heterocycles. The van der Waals surface area contributed by atoms with Crippen molar-refractivity contribution in [3.8, 4) is 11.4 Å². The predicted octanol–water partition coefficient (Wildman–Crippen LogP) is 5.17. The molecule has 0 aliphatic heterocycles. The van der Waals surface area contributed by atoms with Crippen molar-refractivity contribution in [2.45, 2.75) is 58.9 Å². The van der Waals surface area contributed by atoms with Crippen LogP contribution in [0.3, 0.4) is 0 Å². The first kappa shape index (κ1) is 22.5. The lowest BCUT2D eigenvalue weighted by atomic mass is 9.95. The minimum Gasteiger partial charge on any atom is -0.350 e. The van der Waals surface area contributed by atoms with Crippen LogP contribution in [0.4, 0.5) is 5.69 Å². The normalized spacial score (nSPS) is 15.1. The number of carbonyl (C=O) groups excluding carboxylic acids is 2. The quantitative estimate of drug-likeness (QED) is 0.564. The molecular formula is C25H32N4O2. The van der Waals surface area contributed by atoms with Crippen LogP contribution in [0.5, 0.6) is 0 Å². The van der Waals surface area contributed by atoms with Crippen LogP contribution in [0.15, 0.2) is 36.9 Å². The number of benzene rings is 1. The summed E-state index contributed by atoms with van der Waals surface area (Å²) in [6, 6.07) is 7.77. The minimum absolute atomic E-state index is 0.0360. The molecule has 2 aromatic rings. The lowest BCUT2D eigenvalue weighted by Crippen LogP contribution is -2.34. The summed E-state index contributed by atoms with van der Waals surface area (Å²) in [4.78, 5) is 32.2. The van der Waals surface area contributed by atoms with Gasteiger partial charge in [-0.3, -0.25) is 9.59 Å². The fraction of sp³-hybridized carbons (Fsp3) is 0.400. The van der Waals surface area contributed by atoms with Crippen LogP contribution < -0.4 is 10.6 Å². The molecule has 1 aliphatic carbocycles. The zero-order chi connectivity index (χ0) is 22.4. The van der Waals surface area contributed by atoms with Crippen molar-refractivity contribution in [2.75, 3.05) is 5.32 Å². The maximum atomic E-state index is 12.3. The Labute approximate surface area is 184 Å². The molecule has 0 radical (unpaired) electrons. The van der Waals surface area contributed by atoms with Crippen molar-refractivity contribution in [1.82, 2.24) is 15.3 Å². The van der Waals surface area contributed by atoms with Gasteiger partial charge in [0.1, 0.15) is 5.82 Å². The molecule has 0 atom stereocenters. The van der Waals surface area contributed by atoms with E-state index in [0.717, 1.165) is 29.8 Å². The maximum absolute atomic E-state index is 12.3. The lowest BCUT2D eigenvalue weighted by Gasteiger charge is -2.21. The van der Waals surface area contributed by atoms with Gasteiger partial charge in [0.25, 0.3) is 0 Å². The first-order chi connectivity index (χ1) is 14.8. The monoisotopic (exact) mass is 420 g/mol. The molecule has 1 fully saturated rings. The predicted molar refractivity (Wildman–Crippen MR) is 126 cm³/mol. The van der Waals surface area contributed by atoms with Crippen molar-refractivity contribution < 1.29 is 9.59 Å². The van der Waals surface area contributed by atoms with Crippen molar-refractivity contribution in [2.24, 2.45) is 5.41 Å². The van der Waals surface area contributed by atoms with E-state index in [9.17, 15) is 9.59 Å². The van der Waals surface area contributed by atoms with Crippen LogP contribution in [0, 0.1) is 5.41 Å². The van der Waals surface area contributed by atoms with E-state index in [1.807, 2.05) is 45.0 Å². The summed E-state index contributed by atoms with van der Waals surface area (Å²) in [6.07, 6.45) is 10.7. The Morgan fingerprint density at radius 1 is 1.13 bits per heavy atom. The van der Waals surface area contributed by atoms with Crippen LogP contribution in [-0.2, 0) is 9.59 Å². The van der Waals surface area contributed by atoms with Gasteiger partial charge in [-0.1, -0.05) is 46.6 Å². The molecule has 0 spiro atoms. The van der Waals surface area contributed by atoms with Gasteiger partial charge in [0.15, 0.2) is 0 Å². The SMILES string of the molecule is C=Cc1nc(-c2ccc(NC(=O)C(C)(C)C)cc2)[nH]c1C=CC(=O)NC1CCCCC1. The fourth-order valence-electron chi connectivity index (χ4n) is 3.50. The second-order valence-corrected chi connectivity index (χ2v) is 9.05. The molecule has 0 bridgehead atoms. The van der Waals surface area contributed by atoms with Crippen molar-refractivity contribution in [3.05, 3.63) is 48.3 Å². The fourth-order valence-corrected chi connectivity index (χ4v) is 3.50. The molecule has 1 saturated carbocycles. The molecule has 3 N–H and O–H groups in total. The number of amides is 2. The smallest absolute Gasteiger partial charge is 0.244 e. The number of hydrogen-bond acceptors (Lipinski definition) is 3. The third kappa shape index (κ3) is 6.17. The lowest BCUT2D eigenvalue weighted by molar-refractivity contribution is -0.123. The molecule has 1 aromatic carbocycles. The number of hydrogen-bond donors (Lipinski definition) is 3. The van der Waals surface area contributed by atoms with Gasteiger partial charge < -0.3 is 15.6 Å². The highest BCUT2D eigenvalue weighted by atomic mass is 16.2. The molecule has 1 aromatic heterocycles. The zero-order valence-corrected chi connectivity index (χ0v) is 18.6. The number of H-pyrrole nitrogens is 1. The number of aromatic amines is 1. The molecule has 2 amide bonds. The first-order valence-electron chi connectivity index (χ1n) is 10.9. The second-order valence-electron chi connectivity index (χ2n) is 9.05. The Morgan fingerprint density at radius 3 is 2.42 bits per heavy atom. The van der Waals surface area contributed by atoms with E-state index in [4.69, 9.17) is 0 Å². The van der Waals surface area contributed by atoms with Gasteiger partial charge in [0, 0.05) is 28.8 Å². The largest absolute Gasteiger partial charge is 0.350 e. The van der Waals surface area contributed by atoms with E-state index >= 15 is 0 Å². The Kier molecular flexibility index (Phi) is 7.10. The number of carbonyl (C=O) groups is 2. The van der Waals surface area contributed by atoms with Crippen LogP contribution in [0.1, 0.15) is 64.3 Å². The summed E-state index contributed by atoms with van der Waals surface area (Å²) in [5.41, 5.74) is 2.57. The van der Waals surface area contributed by atoms with Crippen molar-refractivity contribution in [3.63, 3.8) is 0 Å². The third-order valence-electron chi connectivity index (χ3n) is 5.40. The number of aromatic nitrogens is 2. The number of imidazole rings is 1. The van der Waals surface area contributed by atoms with Gasteiger partial charge in [0.05, 0.1) is 11.4 Å². The standard InChI is InChI=1S/C25H32N4O2/c1-5-20-21(15-16-22(30)26-18-9-7-6-8-10-18)29-23(28-20)17-11-13-19(14-12-17)27-24(31)25(2,3)4/h5,11-16,18H,1,6-10H2,2-4H3,(H,26,30)(H,27,31)(H,28,29). The Morgan fingerprint density at radius 2 is 1.81 bits per heavy atom. The number of nitrogens with zero attached hydrogens (tertiary/aromatic N) is 1. The molecule has 6 heteroatoms. The van der Waals surface area contributed by atoms with E-state index in [-0.39, 0.29) is 17.9 Å². The van der Waals surface area contributed by atoms with E-state index in [1.54, 1.807) is 18.2 Å². The van der Waals surface area contributed by atoms with E-state index in [0.29, 0.717) is 11.5 Å². The Balaban J connectivity index is 1.68. The summed E-state index contributed by atoms with van der Waals surface area (Å²) >= 11 is 0. The van der Waals surface area contributed by atoms with Crippen LogP contribution in [-0.4, -0.2) is 27.8 Å². The van der Waals surface area contributed by atoms with Gasteiger partial charge in [-0.2, -0.15) is 0 Å². The van der Waals surface area contributed by atoms with Crippen LogP contribution in [0.25, 0.3) is 23.5 Å². The highest BCUT2D eigenvalue weighted by Gasteiger charge is 2.21. The van der Waals surface area contributed by atoms with Gasteiger partial charge in [0.2, 0.25) is 11.8 Å². The van der Waals surface area contributed by atoms with Crippen LogP contribution >= 0.6 is 0 Å². The third-order valence-corrected chi connectivity index (χ3v) is 5.40. The van der Waals surface area contributed by atoms with E-state index in [1.165, 1.54) is 19.3 Å². The maximum Gasteiger partial charge on any atom is 0.244 e. The number of anilines is 1. The molecule has 0 saturated heterocycles. The van der Waals surface area contributed by atoms with Gasteiger partial charge in [-0.15, -0.1) is 0 Å². The Hall–Kier alpha value is -3.15. The van der Waals surface area contributed by atoms with Gasteiger partial charge in [-0.05, 0) is 49.3 Å². The minimum atomic E-state index is -0.455. The zero-order valence-electron chi connectivity index (χ0n) is 18.6. The molecule has 6 nitrogen and oxygen atoms in total. The average molecular weight is 421 g/mol. The highest BCUT2D eigenvalue weighted by Crippen LogP contribution is 2.23. The second kappa shape index (κ2) is 9.77. The number of nitrogens with one attached hydrogen (secondary N) is 3. The van der Waals surface area contributed by atoms with Crippen molar-refractivity contribution >= 4 is 29.7 Å². The van der Waals surface area contributed by atoms with E-state index < -0.39 is 5.41 Å². The van der Waals surface area contributed by atoms with Gasteiger partial charge >= 0.3 is 0 Å². The Bertz CT molecular complexity index is 958. The first-order valence-corrected chi connectivity index (χ1v) is 10.9.